The van der Waals surface area contributed by atoms with Crippen molar-refractivity contribution >= 4 is 33.4 Å². The van der Waals surface area contributed by atoms with Gasteiger partial charge in [0.15, 0.2) is 0 Å². The molecule has 0 aliphatic carbocycles. The zero-order valence-corrected chi connectivity index (χ0v) is 13.2. The maximum absolute atomic E-state index is 9.17. The van der Waals surface area contributed by atoms with Crippen molar-refractivity contribution in [2.24, 2.45) is 5.92 Å². The molecule has 104 valence electrons. The Balaban J connectivity index is 2.07. The molecule has 0 fully saturated rings. The molecule has 0 bridgehead atoms. The first-order valence-electron chi connectivity index (χ1n) is 6.20. The summed E-state index contributed by atoms with van der Waals surface area (Å²) >= 11 is 2.97. The number of anilines is 1. The van der Waals surface area contributed by atoms with Gasteiger partial charge in [0.1, 0.15) is 21.7 Å². The highest BCUT2D eigenvalue weighted by Gasteiger charge is 2.08. The number of hydrogen-bond acceptors (Lipinski definition) is 7. The number of thiazole rings is 1. The van der Waals surface area contributed by atoms with Gasteiger partial charge < -0.3 is 5.32 Å². The van der Waals surface area contributed by atoms with Crippen molar-refractivity contribution in [3.8, 4) is 6.07 Å². The van der Waals surface area contributed by atoms with Crippen LogP contribution in [0.1, 0.15) is 29.6 Å². The maximum Gasteiger partial charge on any atom is 0.209 e. The van der Waals surface area contributed by atoms with Gasteiger partial charge in [0.05, 0.1) is 0 Å². The Labute approximate surface area is 126 Å². The summed E-state index contributed by atoms with van der Waals surface area (Å²) in [6, 6.07) is 2.14. The molecule has 5 nitrogen and oxygen atoms in total. The Morgan fingerprint density at radius 2 is 2.30 bits per heavy atom. The van der Waals surface area contributed by atoms with Crippen LogP contribution in [0.2, 0.25) is 0 Å². The van der Waals surface area contributed by atoms with Crippen molar-refractivity contribution in [3.05, 3.63) is 27.3 Å². The molecule has 7 heteroatoms. The summed E-state index contributed by atoms with van der Waals surface area (Å²) in [6.45, 7) is 6.20. The Hall–Kier alpha value is -1.78. The van der Waals surface area contributed by atoms with E-state index in [1.54, 1.807) is 6.20 Å². The number of nitrogens with one attached hydrogen (secondary N) is 1. The molecule has 0 aliphatic heterocycles. The number of hydrogen-bond donors (Lipinski definition) is 1. The Morgan fingerprint density at radius 1 is 1.50 bits per heavy atom. The van der Waals surface area contributed by atoms with Crippen LogP contribution < -0.4 is 5.32 Å². The zero-order valence-electron chi connectivity index (χ0n) is 11.5. The predicted molar refractivity (Wildman–Crippen MR) is 82.5 cm³/mol. The lowest BCUT2D eigenvalue weighted by Crippen LogP contribution is -1.92. The highest BCUT2D eigenvalue weighted by atomic mass is 32.1. The lowest BCUT2D eigenvalue weighted by Gasteiger charge is -1.97. The molecule has 0 amide bonds. The monoisotopic (exact) mass is 305 g/mol. The third-order valence-electron chi connectivity index (χ3n) is 2.36. The second-order valence-electron chi connectivity index (χ2n) is 4.71. The fourth-order valence-electron chi connectivity index (χ4n) is 1.50. The second-order valence-corrected chi connectivity index (χ2v) is 6.63. The normalized spacial score (nSPS) is 11.7. The van der Waals surface area contributed by atoms with Crippen molar-refractivity contribution < 1.29 is 0 Å². The summed E-state index contributed by atoms with van der Waals surface area (Å²) in [4.78, 5) is 4.29. The molecular formula is C13H15N5S2. The van der Waals surface area contributed by atoms with Crippen LogP contribution in [0, 0.1) is 24.2 Å². The third-order valence-corrected chi connectivity index (χ3v) is 4.23. The summed E-state index contributed by atoms with van der Waals surface area (Å²) in [5.74, 6) is 0.555. The molecule has 0 saturated heterocycles. The van der Waals surface area contributed by atoms with Gasteiger partial charge in [0, 0.05) is 23.7 Å². The van der Waals surface area contributed by atoms with Crippen molar-refractivity contribution in [2.45, 2.75) is 27.2 Å². The standard InChI is InChI=1S/C13H15N5S2/c1-8(2)4-11-17-18-13(20-11)15-6-10(5-14)12-16-9(3)7-19-12/h6-8H,4H2,1-3H3,(H,15,18)/b10-6+. The molecule has 0 unspecified atom stereocenters. The summed E-state index contributed by atoms with van der Waals surface area (Å²) in [7, 11) is 0. The molecule has 0 aromatic carbocycles. The van der Waals surface area contributed by atoms with Gasteiger partial charge in [-0.05, 0) is 12.8 Å². The van der Waals surface area contributed by atoms with Gasteiger partial charge in [-0.1, -0.05) is 25.2 Å². The number of rotatable bonds is 5. The minimum absolute atomic E-state index is 0.503. The van der Waals surface area contributed by atoms with Gasteiger partial charge in [-0.15, -0.1) is 21.5 Å². The van der Waals surface area contributed by atoms with Gasteiger partial charge in [-0.25, -0.2) is 4.98 Å². The third kappa shape index (κ3) is 3.85. The van der Waals surface area contributed by atoms with E-state index in [-0.39, 0.29) is 0 Å². The van der Waals surface area contributed by atoms with Crippen LogP contribution in [0.3, 0.4) is 0 Å². The first kappa shape index (κ1) is 14.6. The maximum atomic E-state index is 9.17. The molecule has 2 aromatic rings. The molecular weight excluding hydrogens is 290 g/mol. The lowest BCUT2D eigenvalue weighted by atomic mass is 10.1. The summed E-state index contributed by atoms with van der Waals surface area (Å²) in [5.41, 5.74) is 1.42. The molecule has 1 N–H and O–H groups in total. The SMILES string of the molecule is Cc1csc(/C(C#N)=C/Nc2nnc(CC(C)C)s2)n1. The van der Waals surface area contributed by atoms with Crippen LogP contribution in [0.5, 0.6) is 0 Å². The van der Waals surface area contributed by atoms with Crippen molar-refractivity contribution in [1.29, 1.82) is 5.26 Å². The molecule has 2 rings (SSSR count). The average molecular weight is 305 g/mol. The fourth-order valence-corrected chi connectivity index (χ4v) is 3.18. The molecule has 2 heterocycles. The van der Waals surface area contributed by atoms with Gasteiger partial charge in [-0.3, -0.25) is 0 Å². The van der Waals surface area contributed by atoms with Gasteiger partial charge in [0.25, 0.3) is 0 Å². The van der Waals surface area contributed by atoms with Gasteiger partial charge >= 0.3 is 0 Å². The van der Waals surface area contributed by atoms with Crippen LogP contribution >= 0.6 is 22.7 Å². The van der Waals surface area contributed by atoms with Crippen LogP contribution in [0.15, 0.2) is 11.6 Å². The van der Waals surface area contributed by atoms with Crippen molar-refractivity contribution in [2.75, 3.05) is 5.32 Å². The number of aromatic nitrogens is 3. The van der Waals surface area contributed by atoms with E-state index >= 15 is 0 Å². The van der Waals surface area contributed by atoms with E-state index in [0.29, 0.717) is 21.6 Å². The predicted octanol–water partition coefficient (Wildman–Crippen LogP) is 3.48. The minimum atomic E-state index is 0.503. The highest BCUT2D eigenvalue weighted by molar-refractivity contribution is 7.15. The average Bonchev–Trinajstić information content (AvgIpc) is 2.99. The largest absolute Gasteiger partial charge is 0.335 e. The Bertz CT molecular complexity index is 648. The smallest absolute Gasteiger partial charge is 0.209 e. The number of nitriles is 1. The Kier molecular flexibility index (Phi) is 4.82. The number of allylic oxidation sites excluding steroid dienone is 1. The van der Waals surface area contributed by atoms with Gasteiger partial charge in [-0.2, -0.15) is 5.26 Å². The summed E-state index contributed by atoms with van der Waals surface area (Å²) in [5, 5.41) is 24.7. The molecule has 2 aromatic heterocycles. The van der Waals surface area contributed by atoms with Gasteiger partial charge in [0.2, 0.25) is 5.13 Å². The summed E-state index contributed by atoms with van der Waals surface area (Å²) < 4.78 is 0. The van der Waals surface area contributed by atoms with Crippen molar-refractivity contribution in [3.63, 3.8) is 0 Å². The first-order valence-corrected chi connectivity index (χ1v) is 7.89. The van der Waals surface area contributed by atoms with E-state index in [1.807, 2.05) is 12.3 Å². The van der Waals surface area contributed by atoms with Crippen LogP contribution in [-0.2, 0) is 6.42 Å². The first-order chi connectivity index (χ1) is 9.58. The molecule has 0 aliphatic rings. The molecule has 0 radical (unpaired) electrons. The second kappa shape index (κ2) is 6.59. The van der Waals surface area contributed by atoms with E-state index in [4.69, 9.17) is 5.26 Å². The zero-order chi connectivity index (χ0) is 14.5. The molecule has 0 atom stereocenters. The number of nitrogens with zero attached hydrogens (tertiary/aromatic N) is 4. The fraction of sp³-hybridized carbons (Fsp3) is 0.385. The molecule has 0 saturated carbocycles. The number of aryl methyl sites for hydroxylation is 1. The lowest BCUT2D eigenvalue weighted by molar-refractivity contribution is 0.640. The van der Waals surface area contributed by atoms with E-state index in [9.17, 15) is 0 Å². The van der Waals surface area contributed by atoms with E-state index in [0.717, 1.165) is 17.1 Å². The van der Waals surface area contributed by atoms with Crippen LogP contribution in [0.25, 0.3) is 5.57 Å². The minimum Gasteiger partial charge on any atom is -0.335 e. The highest BCUT2D eigenvalue weighted by Crippen LogP contribution is 2.21. The topological polar surface area (TPSA) is 74.5 Å². The van der Waals surface area contributed by atoms with E-state index < -0.39 is 0 Å². The quantitative estimate of drug-likeness (QED) is 0.856. The van der Waals surface area contributed by atoms with E-state index in [1.165, 1.54) is 22.7 Å². The van der Waals surface area contributed by atoms with Crippen LogP contribution in [-0.4, -0.2) is 15.2 Å². The summed E-state index contributed by atoms with van der Waals surface area (Å²) in [6.07, 6.45) is 2.55. The van der Waals surface area contributed by atoms with Crippen molar-refractivity contribution in [1.82, 2.24) is 15.2 Å². The molecule has 20 heavy (non-hydrogen) atoms. The Morgan fingerprint density at radius 3 is 2.90 bits per heavy atom. The van der Waals surface area contributed by atoms with Crippen LogP contribution in [0.4, 0.5) is 5.13 Å². The molecule has 0 spiro atoms. The van der Waals surface area contributed by atoms with E-state index in [2.05, 4.69) is 40.4 Å².